The zero-order chi connectivity index (χ0) is 20.4. The number of thiophene rings is 1. The Morgan fingerprint density at radius 3 is 2.45 bits per heavy atom. The van der Waals surface area contributed by atoms with Crippen LogP contribution in [0.4, 0.5) is 5.69 Å². The maximum absolute atomic E-state index is 13.3. The van der Waals surface area contributed by atoms with Crippen molar-refractivity contribution < 1.29 is 13.2 Å². The minimum absolute atomic E-state index is 0.161. The van der Waals surface area contributed by atoms with Crippen molar-refractivity contribution in [3.05, 3.63) is 98.2 Å². The lowest BCUT2D eigenvalue weighted by Gasteiger charge is -2.29. The molecular weight excluding hydrogens is 428 g/mol. The molecule has 0 saturated heterocycles. The maximum atomic E-state index is 13.3. The van der Waals surface area contributed by atoms with Crippen LogP contribution in [0.2, 0.25) is 5.02 Å². The average molecular weight is 445 g/mol. The van der Waals surface area contributed by atoms with Gasteiger partial charge in [-0.1, -0.05) is 54.1 Å². The van der Waals surface area contributed by atoms with Crippen molar-refractivity contribution in [2.45, 2.75) is 13.1 Å². The summed E-state index contributed by atoms with van der Waals surface area (Å²) in [6.45, 7) is 0.536. The van der Waals surface area contributed by atoms with Gasteiger partial charge < -0.3 is 5.32 Å². The molecule has 0 atom stereocenters. The molecule has 1 aliphatic heterocycles. The van der Waals surface area contributed by atoms with Gasteiger partial charge in [0.2, 0.25) is 5.78 Å². The van der Waals surface area contributed by atoms with Crippen molar-refractivity contribution in [2.24, 2.45) is 0 Å². The van der Waals surface area contributed by atoms with Gasteiger partial charge >= 0.3 is 0 Å². The van der Waals surface area contributed by atoms with Gasteiger partial charge in [-0.25, -0.2) is 8.42 Å². The second-order valence-electron chi connectivity index (χ2n) is 6.48. The average Bonchev–Trinajstić information content (AvgIpc) is 3.20. The first-order valence-electron chi connectivity index (χ1n) is 8.83. The number of ketones is 1. The van der Waals surface area contributed by atoms with Crippen molar-refractivity contribution >= 4 is 44.4 Å². The van der Waals surface area contributed by atoms with E-state index in [1.807, 2.05) is 42.5 Å². The van der Waals surface area contributed by atoms with Gasteiger partial charge in [-0.15, -0.1) is 11.3 Å². The number of fused-ring (bicyclic) bond motifs is 1. The summed E-state index contributed by atoms with van der Waals surface area (Å²) in [5.74, 6) is -0.483. The van der Waals surface area contributed by atoms with Gasteiger partial charge in [-0.3, -0.25) is 9.10 Å². The number of rotatable bonds is 5. The summed E-state index contributed by atoms with van der Waals surface area (Å²) in [5, 5.41) is 5.32. The fourth-order valence-electron chi connectivity index (χ4n) is 3.07. The summed E-state index contributed by atoms with van der Waals surface area (Å²) in [6.07, 6.45) is 1.30. The maximum Gasteiger partial charge on any atom is 0.270 e. The first kappa shape index (κ1) is 19.7. The molecule has 4 rings (SSSR count). The molecule has 29 heavy (non-hydrogen) atoms. The highest BCUT2D eigenvalue weighted by molar-refractivity contribution is 7.97. The minimum Gasteiger partial charge on any atom is -0.386 e. The second kappa shape index (κ2) is 8.02. The van der Waals surface area contributed by atoms with E-state index in [4.69, 9.17) is 11.6 Å². The van der Waals surface area contributed by atoms with E-state index < -0.39 is 15.8 Å². The molecule has 1 N–H and O–H groups in total. The van der Waals surface area contributed by atoms with Gasteiger partial charge in [0.1, 0.15) is 4.88 Å². The van der Waals surface area contributed by atoms with Crippen LogP contribution in [0.3, 0.4) is 0 Å². The van der Waals surface area contributed by atoms with E-state index in [0.717, 1.165) is 11.1 Å². The molecule has 2 heterocycles. The van der Waals surface area contributed by atoms with Crippen molar-refractivity contribution in [1.82, 2.24) is 5.32 Å². The molecule has 0 saturated carbocycles. The standard InChI is InChI=1S/C21H17ClN2O3S2/c22-17-8-6-15(7-9-17)12-23-13-19-20(25)21-18(10-11-28-21)24(29(19,26)27)14-16-4-2-1-3-5-16/h1-11,13,23H,12,14H2/b19-13-. The van der Waals surface area contributed by atoms with Gasteiger partial charge in [0, 0.05) is 17.8 Å². The number of benzene rings is 2. The molecule has 0 bridgehead atoms. The van der Waals surface area contributed by atoms with E-state index in [0.29, 0.717) is 22.1 Å². The molecule has 8 heteroatoms. The van der Waals surface area contributed by atoms with Crippen LogP contribution in [0.25, 0.3) is 0 Å². The highest BCUT2D eigenvalue weighted by Crippen LogP contribution is 2.39. The lowest BCUT2D eigenvalue weighted by atomic mass is 10.2. The molecule has 3 aromatic rings. The topological polar surface area (TPSA) is 66.5 Å². The van der Waals surface area contributed by atoms with Crippen LogP contribution in [0.1, 0.15) is 20.8 Å². The van der Waals surface area contributed by atoms with E-state index in [9.17, 15) is 13.2 Å². The van der Waals surface area contributed by atoms with Gasteiger partial charge in [0.15, 0.2) is 4.91 Å². The van der Waals surface area contributed by atoms with Crippen molar-refractivity contribution in [2.75, 3.05) is 4.31 Å². The van der Waals surface area contributed by atoms with Gasteiger partial charge in [0.05, 0.1) is 12.2 Å². The minimum atomic E-state index is -3.99. The highest BCUT2D eigenvalue weighted by atomic mass is 35.5. The zero-order valence-electron chi connectivity index (χ0n) is 15.2. The van der Waals surface area contributed by atoms with E-state index in [2.05, 4.69) is 5.32 Å². The predicted molar refractivity (Wildman–Crippen MR) is 117 cm³/mol. The second-order valence-corrected chi connectivity index (χ2v) is 9.66. The van der Waals surface area contributed by atoms with Crippen LogP contribution in [0.15, 0.2) is 77.1 Å². The van der Waals surface area contributed by atoms with Crippen molar-refractivity contribution in [3.63, 3.8) is 0 Å². The van der Waals surface area contributed by atoms with Crippen LogP contribution in [-0.4, -0.2) is 14.2 Å². The molecule has 148 valence electrons. The number of carbonyl (C=O) groups excluding carboxylic acids is 1. The molecule has 2 aromatic carbocycles. The highest BCUT2D eigenvalue weighted by Gasteiger charge is 2.41. The number of Topliss-reactive ketones (excluding diaryl/α,β-unsaturated/α-hetero) is 1. The molecule has 0 aliphatic carbocycles. The molecule has 1 aromatic heterocycles. The summed E-state index contributed by atoms with van der Waals surface area (Å²) in [7, 11) is -3.99. The zero-order valence-corrected chi connectivity index (χ0v) is 17.6. The molecule has 0 radical (unpaired) electrons. The third-order valence-electron chi connectivity index (χ3n) is 4.53. The van der Waals surface area contributed by atoms with Crippen molar-refractivity contribution in [1.29, 1.82) is 0 Å². The fraction of sp³-hybridized carbons (Fsp3) is 0.0952. The molecule has 0 unspecified atom stereocenters. The summed E-state index contributed by atoms with van der Waals surface area (Å²) < 4.78 is 27.8. The Bertz CT molecular complexity index is 1170. The normalized spacial score (nSPS) is 16.7. The SMILES string of the molecule is O=C1/C(=C/NCc2ccc(Cl)cc2)S(=O)(=O)N(Cc2ccccc2)c2ccsc21. The molecule has 0 fully saturated rings. The van der Waals surface area contributed by atoms with E-state index in [1.165, 1.54) is 21.8 Å². The Kier molecular flexibility index (Phi) is 5.45. The van der Waals surface area contributed by atoms with Gasteiger partial charge in [-0.05, 0) is 34.7 Å². The smallest absolute Gasteiger partial charge is 0.270 e. The fourth-order valence-corrected chi connectivity index (χ4v) is 5.70. The van der Waals surface area contributed by atoms with Crippen molar-refractivity contribution in [3.8, 4) is 0 Å². The quantitative estimate of drug-likeness (QED) is 0.585. The van der Waals surface area contributed by atoms with Crippen LogP contribution in [-0.2, 0) is 23.1 Å². The van der Waals surface area contributed by atoms with E-state index >= 15 is 0 Å². The molecule has 1 aliphatic rings. The number of sulfonamides is 1. The number of carbonyl (C=O) groups is 1. The summed E-state index contributed by atoms with van der Waals surface area (Å²) in [5.41, 5.74) is 2.19. The first-order valence-corrected chi connectivity index (χ1v) is 11.5. The molecule has 0 amide bonds. The Balaban J connectivity index is 1.65. The number of hydrogen-bond donors (Lipinski definition) is 1. The monoisotopic (exact) mass is 444 g/mol. The van der Waals surface area contributed by atoms with Crippen LogP contribution in [0, 0.1) is 0 Å². The first-order chi connectivity index (χ1) is 14.0. The number of nitrogens with zero attached hydrogens (tertiary/aromatic N) is 1. The Labute approximate surface area is 178 Å². The Morgan fingerprint density at radius 2 is 1.72 bits per heavy atom. The Hall–Kier alpha value is -2.61. The Morgan fingerprint density at radius 1 is 1.00 bits per heavy atom. The lowest BCUT2D eigenvalue weighted by Crippen LogP contribution is -2.38. The summed E-state index contributed by atoms with van der Waals surface area (Å²) in [6, 6.07) is 18.2. The number of allylic oxidation sites excluding steroid dienone is 1. The lowest BCUT2D eigenvalue weighted by molar-refractivity contribution is 0.104. The molecule has 5 nitrogen and oxygen atoms in total. The molecular formula is C21H17ClN2O3S2. The summed E-state index contributed by atoms with van der Waals surface area (Å²) >= 11 is 7.13. The molecule has 0 spiro atoms. The number of nitrogens with one attached hydrogen (secondary N) is 1. The predicted octanol–water partition coefficient (Wildman–Crippen LogP) is 4.57. The van der Waals surface area contributed by atoms with Gasteiger partial charge in [0.25, 0.3) is 10.0 Å². The third kappa shape index (κ3) is 3.94. The van der Waals surface area contributed by atoms with E-state index in [-0.39, 0.29) is 11.4 Å². The summed E-state index contributed by atoms with van der Waals surface area (Å²) in [4.78, 5) is 13.0. The number of halogens is 1. The van der Waals surface area contributed by atoms with Crippen LogP contribution >= 0.6 is 22.9 Å². The van der Waals surface area contributed by atoms with Gasteiger partial charge in [-0.2, -0.15) is 0 Å². The van der Waals surface area contributed by atoms with Crippen LogP contribution in [0.5, 0.6) is 0 Å². The van der Waals surface area contributed by atoms with E-state index in [1.54, 1.807) is 23.6 Å². The number of anilines is 1. The van der Waals surface area contributed by atoms with Crippen LogP contribution < -0.4 is 9.62 Å². The number of hydrogen-bond acceptors (Lipinski definition) is 5. The third-order valence-corrected chi connectivity index (χ3v) is 7.45. The largest absolute Gasteiger partial charge is 0.386 e.